The number of nitrogens with one attached hydrogen (secondary N) is 1. The van der Waals surface area contributed by atoms with Gasteiger partial charge in [0, 0.05) is 18.7 Å². The van der Waals surface area contributed by atoms with Crippen LogP contribution in [0.15, 0.2) is 29.2 Å². The molecule has 0 aliphatic carbocycles. The Labute approximate surface area is 113 Å². The minimum absolute atomic E-state index is 0.0852. The number of nitrogens with two attached hydrogens (primary N) is 1. The van der Waals surface area contributed by atoms with Crippen molar-refractivity contribution in [2.45, 2.75) is 24.8 Å². The lowest BCUT2D eigenvalue weighted by Crippen LogP contribution is -2.32. The fourth-order valence-corrected chi connectivity index (χ4v) is 2.06. The summed E-state index contributed by atoms with van der Waals surface area (Å²) >= 11 is 0. The van der Waals surface area contributed by atoms with E-state index in [1.54, 1.807) is 0 Å². The number of hydrogen-bond donors (Lipinski definition) is 2. The molecule has 0 aromatic heterocycles. The van der Waals surface area contributed by atoms with Crippen molar-refractivity contribution in [3.63, 3.8) is 0 Å². The van der Waals surface area contributed by atoms with Gasteiger partial charge in [0.25, 0.3) is 5.91 Å². The molecule has 7 heteroatoms. The van der Waals surface area contributed by atoms with E-state index in [2.05, 4.69) is 5.32 Å². The van der Waals surface area contributed by atoms with E-state index in [1.807, 2.05) is 13.8 Å². The van der Waals surface area contributed by atoms with Gasteiger partial charge >= 0.3 is 0 Å². The summed E-state index contributed by atoms with van der Waals surface area (Å²) in [7, 11) is -3.80. The predicted octanol–water partition coefficient (Wildman–Crippen LogP) is 0.489. The molecule has 6 nitrogen and oxygen atoms in total. The molecule has 1 aromatic carbocycles. The minimum atomic E-state index is -3.80. The summed E-state index contributed by atoms with van der Waals surface area (Å²) in [6.45, 7) is 4.63. The molecular weight excluding hydrogens is 268 g/mol. The van der Waals surface area contributed by atoms with Crippen molar-refractivity contribution in [1.82, 2.24) is 5.32 Å². The van der Waals surface area contributed by atoms with Crippen LogP contribution in [0.5, 0.6) is 0 Å². The van der Waals surface area contributed by atoms with E-state index in [9.17, 15) is 13.2 Å². The zero-order valence-electron chi connectivity index (χ0n) is 10.9. The average molecular weight is 286 g/mol. The summed E-state index contributed by atoms with van der Waals surface area (Å²) in [5.74, 6) is -0.364. The normalized spacial score (nSPS) is 13.0. The molecule has 0 spiro atoms. The third kappa shape index (κ3) is 4.98. The molecule has 19 heavy (non-hydrogen) atoms. The topological polar surface area (TPSA) is 98.5 Å². The second-order valence-electron chi connectivity index (χ2n) is 4.05. The van der Waals surface area contributed by atoms with Crippen molar-refractivity contribution >= 4 is 15.9 Å². The molecule has 3 N–H and O–H groups in total. The highest BCUT2D eigenvalue weighted by Gasteiger charge is 2.12. The number of carbonyl (C=O) groups is 1. The predicted molar refractivity (Wildman–Crippen MR) is 71.2 cm³/mol. The Kier molecular flexibility index (Phi) is 5.46. The zero-order chi connectivity index (χ0) is 14.5. The van der Waals surface area contributed by atoms with E-state index in [-0.39, 0.29) is 22.5 Å². The van der Waals surface area contributed by atoms with Gasteiger partial charge in [0.05, 0.1) is 11.0 Å². The highest BCUT2D eigenvalue weighted by Crippen LogP contribution is 2.09. The van der Waals surface area contributed by atoms with Crippen LogP contribution < -0.4 is 10.5 Å². The number of sulfonamides is 1. The van der Waals surface area contributed by atoms with Crippen LogP contribution in [0, 0.1) is 0 Å². The monoisotopic (exact) mass is 286 g/mol. The highest BCUT2D eigenvalue weighted by molar-refractivity contribution is 7.89. The Morgan fingerprint density at radius 3 is 2.74 bits per heavy atom. The molecule has 0 bridgehead atoms. The van der Waals surface area contributed by atoms with Gasteiger partial charge in [-0.1, -0.05) is 6.07 Å². The summed E-state index contributed by atoms with van der Waals surface area (Å²) in [6.07, 6.45) is -0.102. The lowest BCUT2D eigenvalue weighted by atomic mass is 10.2. The third-order valence-electron chi connectivity index (χ3n) is 2.43. The van der Waals surface area contributed by atoms with Gasteiger partial charge in [-0.25, -0.2) is 13.6 Å². The van der Waals surface area contributed by atoms with Gasteiger partial charge < -0.3 is 10.1 Å². The van der Waals surface area contributed by atoms with Crippen molar-refractivity contribution < 1.29 is 17.9 Å². The Morgan fingerprint density at radius 2 is 2.16 bits per heavy atom. The number of hydrogen-bond acceptors (Lipinski definition) is 4. The number of amides is 1. The maximum atomic E-state index is 11.8. The van der Waals surface area contributed by atoms with Crippen molar-refractivity contribution in [1.29, 1.82) is 0 Å². The molecule has 0 saturated heterocycles. The van der Waals surface area contributed by atoms with Crippen molar-refractivity contribution in [3.05, 3.63) is 29.8 Å². The van der Waals surface area contributed by atoms with E-state index in [1.165, 1.54) is 24.3 Å². The lowest BCUT2D eigenvalue weighted by molar-refractivity contribution is 0.0695. The number of carbonyl (C=O) groups excluding carboxylic acids is 1. The fraction of sp³-hybridized carbons (Fsp3) is 0.417. The maximum Gasteiger partial charge on any atom is 0.251 e. The Morgan fingerprint density at radius 1 is 1.47 bits per heavy atom. The van der Waals surface area contributed by atoms with Crippen molar-refractivity contribution in [2.24, 2.45) is 5.14 Å². The molecule has 0 aliphatic heterocycles. The van der Waals surface area contributed by atoms with Crippen LogP contribution in [-0.4, -0.2) is 33.6 Å². The molecular formula is C12H18N2O4S. The van der Waals surface area contributed by atoms with E-state index in [4.69, 9.17) is 9.88 Å². The first-order valence-corrected chi connectivity index (χ1v) is 7.42. The molecule has 0 heterocycles. The summed E-state index contributed by atoms with van der Waals surface area (Å²) < 4.78 is 27.6. The largest absolute Gasteiger partial charge is 0.377 e. The smallest absolute Gasteiger partial charge is 0.251 e. The zero-order valence-corrected chi connectivity index (χ0v) is 11.7. The third-order valence-corrected chi connectivity index (χ3v) is 3.34. The van der Waals surface area contributed by atoms with Gasteiger partial charge in [-0.15, -0.1) is 0 Å². The van der Waals surface area contributed by atoms with Crippen LogP contribution in [0.2, 0.25) is 0 Å². The first-order valence-electron chi connectivity index (χ1n) is 5.87. The first-order chi connectivity index (χ1) is 8.84. The molecule has 0 aliphatic rings. The van der Waals surface area contributed by atoms with E-state index < -0.39 is 10.0 Å². The molecule has 1 atom stereocenters. The summed E-state index contributed by atoms with van der Waals surface area (Å²) in [6, 6.07) is 5.58. The van der Waals surface area contributed by atoms with Crippen LogP contribution >= 0.6 is 0 Å². The van der Waals surface area contributed by atoms with Gasteiger partial charge in [-0.05, 0) is 32.0 Å². The molecule has 0 saturated carbocycles. The molecule has 1 rings (SSSR count). The number of ether oxygens (including phenoxy) is 1. The number of rotatable bonds is 6. The minimum Gasteiger partial charge on any atom is -0.377 e. The summed E-state index contributed by atoms with van der Waals surface area (Å²) in [4.78, 5) is 11.7. The molecule has 0 radical (unpaired) electrons. The van der Waals surface area contributed by atoms with Gasteiger partial charge in [0.1, 0.15) is 0 Å². The lowest BCUT2D eigenvalue weighted by Gasteiger charge is -2.12. The number of primary sulfonamides is 1. The summed E-state index contributed by atoms with van der Waals surface area (Å²) in [5.41, 5.74) is 0.246. The maximum absolute atomic E-state index is 11.8. The second-order valence-corrected chi connectivity index (χ2v) is 5.61. The van der Waals surface area contributed by atoms with Crippen LogP contribution in [0.1, 0.15) is 24.2 Å². The Balaban J connectivity index is 2.73. The second kappa shape index (κ2) is 6.65. The first kappa shape index (κ1) is 15.6. The molecule has 1 amide bonds. The fourth-order valence-electron chi connectivity index (χ4n) is 1.50. The molecule has 0 fully saturated rings. The Hall–Kier alpha value is -1.44. The summed E-state index contributed by atoms with van der Waals surface area (Å²) in [5, 5.41) is 7.67. The van der Waals surface area contributed by atoms with E-state index in [0.717, 1.165) is 0 Å². The molecule has 1 unspecified atom stereocenters. The van der Waals surface area contributed by atoms with Crippen LogP contribution in [0.4, 0.5) is 0 Å². The quantitative estimate of drug-likeness (QED) is 0.795. The molecule has 1 aromatic rings. The van der Waals surface area contributed by atoms with Crippen LogP contribution in [0.25, 0.3) is 0 Å². The van der Waals surface area contributed by atoms with Gasteiger partial charge in [-0.2, -0.15) is 0 Å². The highest BCUT2D eigenvalue weighted by atomic mass is 32.2. The standard InChI is InChI=1S/C12H18N2O4S/c1-3-18-9(2)8-14-12(15)10-5-4-6-11(7-10)19(13,16)17/h4-7,9H,3,8H2,1-2H3,(H,14,15)(H2,13,16,17). The van der Waals surface area contributed by atoms with Crippen LogP contribution in [0.3, 0.4) is 0 Å². The van der Waals surface area contributed by atoms with E-state index >= 15 is 0 Å². The van der Waals surface area contributed by atoms with E-state index in [0.29, 0.717) is 13.2 Å². The van der Waals surface area contributed by atoms with Crippen molar-refractivity contribution in [2.75, 3.05) is 13.2 Å². The van der Waals surface area contributed by atoms with Gasteiger partial charge in [0.15, 0.2) is 0 Å². The van der Waals surface area contributed by atoms with Crippen LogP contribution in [-0.2, 0) is 14.8 Å². The SMILES string of the molecule is CCOC(C)CNC(=O)c1cccc(S(N)(=O)=O)c1. The Bertz CT molecular complexity index is 542. The van der Waals surface area contributed by atoms with Crippen molar-refractivity contribution in [3.8, 4) is 0 Å². The van der Waals surface area contributed by atoms with Gasteiger partial charge in [0.2, 0.25) is 10.0 Å². The molecule has 106 valence electrons. The van der Waals surface area contributed by atoms with Gasteiger partial charge in [-0.3, -0.25) is 4.79 Å². The number of benzene rings is 1. The average Bonchev–Trinajstić information content (AvgIpc) is 2.35.